The molecule has 1 aromatic carbocycles. The van der Waals surface area contributed by atoms with Crippen molar-refractivity contribution < 1.29 is 27.4 Å². The number of hydrogen-bond acceptors (Lipinski definition) is 4. The molecule has 0 saturated carbocycles. The molecule has 0 unspecified atom stereocenters. The van der Waals surface area contributed by atoms with E-state index in [1.54, 1.807) is 18.2 Å². The SMILES string of the molecule is O=C(NCCn1nc(C(F)(F)F)c2c1CCCC2)Nc1ccc2c(c1)OCO2. The van der Waals surface area contributed by atoms with Gasteiger partial charge in [-0.2, -0.15) is 18.3 Å². The lowest BCUT2D eigenvalue weighted by molar-refractivity contribution is -0.142. The Bertz CT molecular complexity index is 895. The first-order valence-electron chi connectivity index (χ1n) is 9.02. The molecule has 0 atom stereocenters. The van der Waals surface area contributed by atoms with Gasteiger partial charge in [-0.1, -0.05) is 0 Å². The second-order valence-corrected chi connectivity index (χ2v) is 6.65. The van der Waals surface area contributed by atoms with Crippen molar-refractivity contribution in [2.45, 2.75) is 38.4 Å². The summed E-state index contributed by atoms with van der Waals surface area (Å²) in [6.07, 6.45) is -1.92. The van der Waals surface area contributed by atoms with Crippen LogP contribution < -0.4 is 20.1 Å². The van der Waals surface area contributed by atoms with Gasteiger partial charge in [0.25, 0.3) is 0 Å². The van der Waals surface area contributed by atoms with Crippen molar-refractivity contribution in [3.63, 3.8) is 0 Å². The van der Waals surface area contributed by atoms with Gasteiger partial charge in [0, 0.05) is 29.6 Å². The van der Waals surface area contributed by atoms with Gasteiger partial charge in [-0.3, -0.25) is 4.68 Å². The standard InChI is InChI=1S/C18H19F3N4O3/c19-18(20,21)16-12-3-1-2-4-13(12)25(24-16)8-7-22-17(26)23-11-5-6-14-15(9-11)28-10-27-14/h5-6,9H,1-4,7-8,10H2,(H2,22,23,26). The summed E-state index contributed by atoms with van der Waals surface area (Å²) >= 11 is 0. The first-order chi connectivity index (χ1) is 13.4. The summed E-state index contributed by atoms with van der Waals surface area (Å²) in [6.45, 7) is 0.466. The summed E-state index contributed by atoms with van der Waals surface area (Å²) in [4.78, 5) is 12.1. The number of carbonyl (C=O) groups is 1. The van der Waals surface area contributed by atoms with E-state index in [-0.39, 0.29) is 19.9 Å². The zero-order valence-corrected chi connectivity index (χ0v) is 14.9. The monoisotopic (exact) mass is 396 g/mol. The van der Waals surface area contributed by atoms with Crippen LogP contribution in [-0.2, 0) is 25.6 Å². The lowest BCUT2D eigenvalue weighted by Crippen LogP contribution is -2.32. The molecule has 2 heterocycles. The van der Waals surface area contributed by atoms with Crippen LogP contribution in [0.1, 0.15) is 29.8 Å². The molecule has 150 valence electrons. The molecule has 7 nitrogen and oxygen atoms in total. The van der Waals surface area contributed by atoms with Gasteiger partial charge in [0.05, 0.1) is 6.54 Å². The Balaban J connectivity index is 1.36. The minimum atomic E-state index is -4.46. The molecule has 0 saturated heterocycles. The number of halogens is 3. The molecular formula is C18H19F3N4O3. The zero-order valence-electron chi connectivity index (χ0n) is 14.9. The minimum absolute atomic E-state index is 0.138. The van der Waals surface area contributed by atoms with Crippen molar-refractivity contribution in [3.8, 4) is 11.5 Å². The van der Waals surface area contributed by atoms with Crippen LogP contribution in [0.2, 0.25) is 0 Å². The van der Waals surface area contributed by atoms with E-state index in [1.165, 1.54) is 4.68 Å². The van der Waals surface area contributed by atoms with Crippen molar-refractivity contribution >= 4 is 11.7 Å². The number of ether oxygens (including phenoxy) is 2. The predicted octanol–water partition coefficient (Wildman–Crippen LogP) is 3.33. The highest BCUT2D eigenvalue weighted by molar-refractivity contribution is 5.89. The second-order valence-electron chi connectivity index (χ2n) is 6.65. The third kappa shape index (κ3) is 3.71. The number of nitrogens with zero attached hydrogens (tertiary/aromatic N) is 2. The highest BCUT2D eigenvalue weighted by Gasteiger charge is 2.39. The Kier molecular flexibility index (Phi) is 4.78. The Morgan fingerprint density at radius 3 is 2.79 bits per heavy atom. The largest absolute Gasteiger partial charge is 0.454 e. The first kappa shape index (κ1) is 18.5. The smallest absolute Gasteiger partial charge is 0.435 e. The molecule has 2 aromatic rings. The molecule has 0 bridgehead atoms. The lowest BCUT2D eigenvalue weighted by atomic mass is 9.95. The topological polar surface area (TPSA) is 77.4 Å². The van der Waals surface area contributed by atoms with Gasteiger partial charge in [-0.05, 0) is 37.8 Å². The number of amides is 2. The number of fused-ring (bicyclic) bond motifs is 2. The van der Waals surface area contributed by atoms with Gasteiger partial charge < -0.3 is 20.1 Å². The molecule has 2 aliphatic rings. The summed E-state index contributed by atoms with van der Waals surface area (Å²) in [7, 11) is 0. The van der Waals surface area contributed by atoms with Crippen LogP contribution in [0.15, 0.2) is 18.2 Å². The molecule has 0 radical (unpaired) electrons. The van der Waals surface area contributed by atoms with Crippen molar-refractivity contribution in [1.29, 1.82) is 0 Å². The number of benzene rings is 1. The van der Waals surface area contributed by atoms with E-state index in [1.807, 2.05) is 0 Å². The lowest BCUT2D eigenvalue weighted by Gasteiger charge is -2.15. The maximum atomic E-state index is 13.2. The van der Waals surface area contributed by atoms with Crippen molar-refractivity contribution in [1.82, 2.24) is 15.1 Å². The molecule has 2 amide bonds. The molecule has 1 aromatic heterocycles. The predicted molar refractivity (Wildman–Crippen MR) is 93.5 cm³/mol. The van der Waals surface area contributed by atoms with E-state index in [2.05, 4.69) is 15.7 Å². The second kappa shape index (κ2) is 7.25. The fourth-order valence-corrected chi connectivity index (χ4v) is 3.51. The number of aromatic nitrogens is 2. The van der Waals surface area contributed by atoms with Crippen molar-refractivity contribution in [2.75, 3.05) is 18.7 Å². The molecule has 1 aliphatic carbocycles. The third-order valence-electron chi connectivity index (χ3n) is 4.76. The van der Waals surface area contributed by atoms with Crippen LogP contribution in [-0.4, -0.2) is 29.1 Å². The molecule has 1 aliphatic heterocycles. The number of rotatable bonds is 4. The van der Waals surface area contributed by atoms with Crippen LogP contribution in [0.25, 0.3) is 0 Å². The van der Waals surface area contributed by atoms with Gasteiger partial charge in [0.2, 0.25) is 6.79 Å². The Hall–Kier alpha value is -2.91. The number of hydrogen-bond donors (Lipinski definition) is 2. The fraction of sp³-hybridized carbons (Fsp3) is 0.444. The number of urea groups is 1. The van der Waals surface area contributed by atoms with Crippen LogP contribution in [0.4, 0.5) is 23.7 Å². The average Bonchev–Trinajstić information content (AvgIpc) is 3.26. The Labute approximate surface area is 158 Å². The van der Waals surface area contributed by atoms with E-state index in [4.69, 9.17) is 9.47 Å². The molecule has 10 heteroatoms. The fourth-order valence-electron chi connectivity index (χ4n) is 3.51. The van der Waals surface area contributed by atoms with E-state index in [0.29, 0.717) is 41.3 Å². The van der Waals surface area contributed by atoms with Gasteiger partial charge in [-0.25, -0.2) is 4.79 Å². The Morgan fingerprint density at radius 2 is 1.96 bits per heavy atom. The van der Waals surface area contributed by atoms with E-state index in [0.717, 1.165) is 12.8 Å². The number of carbonyl (C=O) groups excluding carboxylic acids is 1. The summed E-state index contributed by atoms with van der Waals surface area (Å²) in [5, 5.41) is 9.07. The quantitative estimate of drug-likeness (QED) is 0.831. The van der Waals surface area contributed by atoms with Crippen LogP contribution in [0.3, 0.4) is 0 Å². The molecule has 28 heavy (non-hydrogen) atoms. The summed E-state index contributed by atoms with van der Waals surface area (Å²) < 4.78 is 51.4. The van der Waals surface area contributed by atoms with E-state index >= 15 is 0 Å². The highest BCUT2D eigenvalue weighted by Crippen LogP contribution is 2.36. The van der Waals surface area contributed by atoms with E-state index < -0.39 is 17.9 Å². The van der Waals surface area contributed by atoms with E-state index in [9.17, 15) is 18.0 Å². The van der Waals surface area contributed by atoms with Crippen LogP contribution in [0.5, 0.6) is 11.5 Å². The normalized spacial score (nSPS) is 15.2. The maximum Gasteiger partial charge on any atom is 0.435 e. The summed E-state index contributed by atoms with van der Waals surface area (Å²) in [5.41, 5.74) is 0.643. The highest BCUT2D eigenvalue weighted by atomic mass is 19.4. The molecule has 4 rings (SSSR count). The van der Waals surface area contributed by atoms with Gasteiger partial charge in [-0.15, -0.1) is 0 Å². The average molecular weight is 396 g/mol. The summed E-state index contributed by atoms with van der Waals surface area (Å²) in [5.74, 6) is 1.15. The van der Waals surface area contributed by atoms with Crippen LogP contribution in [0, 0.1) is 0 Å². The molecule has 2 N–H and O–H groups in total. The maximum absolute atomic E-state index is 13.2. The number of alkyl halides is 3. The van der Waals surface area contributed by atoms with Gasteiger partial charge in [0.15, 0.2) is 17.2 Å². The van der Waals surface area contributed by atoms with Crippen molar-refractivity contribution in [2.24, 2.45) is 0 Å². The van der Waals surface area contributed by atoms with Crippen molar-refractivity contribution in [3.05, 3.63) is 35.2 Å². The minimum Gasteiger partial charge on any atom is -0.454 e. The molecule has 0 fully saturated rings. The van der Waals surface area contributed by atoms with Gasteiger partial charge in [0.1, 0.15) is 0 Å². The molecule has 0 spiro atoms. The van der Waals surface area contributed by atoms with Crippen LogP contribution >= 0.6 is 0 Å². The first-order valence-corrected chi connectivity index (χ1v) is 9.02. The summed E-state index contributed by atoms with van der Waals surface area (Å²) in [6, 6.07) is 4.54. The number of nitrogens with one attached hydrogen (secondary N) is 2. The third-order valence-corrected chi connectivity index (χ3v) is 4.76. The molecular weight excluding hydrogens is 377 g/mol. The zero-order chi connectivity index (χ0) is 19.7. The van der Waals surface area contributed by atoms with Gasteiger partial charge >= 0.3 is 12.2 Å². The number of anilines is 1. The Morgan fingerprint density at radius 1 is 1.18 bits per heavy atom.